The Morgan fingerprint density at radius 1 is 1.21 bits per heavy atom. The molecule has 0 radical (unpaired) electrons. The van der Waals surface area contributed by atoms with Gasteiger partial charge < -0.3 is 15.4 Å². The topological polar surface area (TPSA) is 102 Å². The second-order valence-corrected chi connectivity index (χ2v) is 7.37. The van der Waals surface area contributed by atoms with Crippen LogP contribution in [0.3, 0.4) is 0 Å². The molecule has 2 aromatic carbocycles. The smallest absolute Gasteiger partial charge is 0.338 e. The summed E-state index contributed by atoms with van der Waals surface area (Å²) in [5.74, 6) is -2.18. The number of hydrogen-bond donors (Lipinski definition) is 2. The summed E-state index contributed by atoms with van der Waals surface area (Å²) < 4.78 is 19.1. The van der Waals surface area contributed by atoms with E-state index in [2.05, 4.69) is 10.6 Å². The van der Waals surface area contributed by atoms with Crippen LogP contribution in [0, 0.1) is 5.82 Å². The Morgan fingerprint density at radius 3 is 2.72 bits per heavy atom. The number of ether oxygens (including phenoxy) is 1. The number of nitrogens with one attached hydrogen (secondary N) is 2. The van der Waals surface area contributed by atoms with Gasteiger partial charge in [-0.1, -0.05) is 0 Å². The Kier molecular flexibility index (Phi) is 6.28. The zero-order valence-corrected chi connectivity index (χ0v) is 16.2. The van der Waals surface area contributed by atoms with E-state index in [0.29, 0.717) is 17.9 Å². The summed E-state index contributed by atoms with van der Waals surface area (Å²) in [7, 11) is 0. The van der Waals surface area contributed by atoms with Gasteiger partial charge in [0.05, 0.1) is 16.8 Å². The summed E-state index contributed by atoms with van der Waals surface area (Å²) >= 11 is 1.50. The molecule has 0 spiro atoms. The first-order valence-electron chi connectivity index (χ1n) is 8.67. The average molecular weight is 416 g/mol. The molecule has 0 saturated carbocycles. The van der Waals surface area contributed by atoms with Crippen molar-refractivity contribution in [3.05, 3.63) is 53.3 Å². The number of amides is 2. The van der Waals surface area contributed by atoms with Gasteiger partial charge >= 0.3 is 5.97 Å². The van der Waals surface area contributed by atoms with Crippen LogP contribution in [-0.2, 0) is 14.3 Å². The third-order valence-corrected chi connectivity index (χ3v) is 5.08. The molecule has 3 rings (SSSR count). The first kappa shape index (κ1) is 20.5. The lowest BCUT2D eigenvalue weighted by atomic mass is 10.1. The predicted octanol–water partition coefficient (Wildman–Crippen LogP) is 3.26. The number of anilines is 2. The zero-order valence-electron chi connectivity index (χ0n) is 15.4. The van der Waals surface area contributed by atoms with Crippen molar-refractivity contribution < 1.29 is 28.3 Å². The van der Waals surface area contributed by atoms with Crippen molar-refractivity contribution in [2.75, 3.05) is 23.0 Å². The molecule has 1 aliphatic heterocycles. The molecule has 9 heteroatoms. The lowest BCUT2D eigenvalue weighted by Gasteiger charge is -2.10. The summed E-state index contributed by atoms with van der Waals surface area (Å²) in [6.07, 6.45) is 0.375. The van der Waals surface area contributed by atoms with Crippen molar-refractivity contribution in [3.63, 3.8) is 0 Å². The molecule has 1 heterocycles. The molecule has 0 bridgehead atoms. The fourth-order valence-electron chi connectivity index (χ4n) is 2.66. The van der Waals surface area contributed by atoms with Gasteiger partial charge in [-0.25, -0.2) is 9.18 Å². The lowest BCUT2D eigenvalue weighted by Crippen LogP contribution is -2.16. The summed E-state index contributed by atoms with van der Waals surface area (Å²) in [5.41, 5.74) is 0.643. The van der Waals surface area contributed by atoms with Crippen LogP contribution >= 0.6 is 11.8 Å². The number of carbonyl (C=O) groups is 4. The maximum absolute atomic E-state index is 14.1. The van der Waals surface area contributed by atoms with Crippen LogP contribution in [0.5, 0.6) is 0 Å². The van der Waals surface area contributed by atoms with E-state index in [9.17, 15) is 23.6 Å². The van der Waals surface area contributed by atoms with Crippen molar-refractivity contribution >= 4 is 46.7 Å². The molecular weight excluding hydrogens is 399 g/mol. The zero-order chi connectivity index (χ0) is 21.0. The highest BCUT2D eigenvalue weighted by Gasteiger charge is 2.19. The van der Waals surface area contributed by atoms with Crippen LogP contribution in [0.1, 0.15) is 34.1 Å². The van der Waals surface area contributed by atoms with E-state index in [0.717, 1.165) is 11.0 Å². The first-order valence-corrected chi connectivity index (χ1v) is 9.66. The van der Waals surface area contributed by atoms with Crippen LogP contribution in [-0.4, -0.2) is 35.9 Å². The second kappa shape index (κ2) is 8.87. The number of ketones is 1. The van der Waals surface area contributed by atoms with Crippen molar-refractivity contribution in [2.24, 2.45) is 0 Å². The summed E-state index contributed by atoms with van der Waals surface area (Å²) in [6, 6.07) is 8.34. The van der Waals surface area contributed by atoms with Crippen molar-refractivity contribution in [1.29, 1.82) is 0 Å². The Bertz CT molecular complexity index is 1010. The molecule has 1 aliphatic rings. The minimum absolute atomic E-state index is 0.143. The SMILES string of the molecule is CC(=O)Nc1ccc(C(=O)COC(=O)c2ccc3c(c2)NC(=O)CCS3)c(F)c1. The molecular formula is C20H17FN2O5S. The minimum atomic E-state index is -0.831. The van der Waals surface area contributed by atoms with Gasteiger partial charge in [-0.3, -0.25) is 14.4 Å². The Hall–Kier alpha value is -3.20. The number of rotatable bonds is 5. The van der Waals surface area contributed by atoms with Gasteiger partial charge in [-0.05, 0) is 36.4 Å². The van der Waals surface area contributed by atoms with E-state index in [4.69, 9.17) is 4.74 Å². The third kappa shape index (κ3) is 5.20. The molecule has 2 N–H and O–H groups in total. The summed E-state index contributed by atoms with van der Waals surface area (Å²) in [5, 5.41) is 5.13. The Labute approximate surface area is 170 Å². The Morgan fingerprint density at radius 2 is 2.00 bits per heavy atom. The van der Waals surface area contributed by atoms with Gasteiger partial charge in [0, 0.05) is 29.7 Å². The molecule has 0 atom stereocenters. The van der Waals surface area contributed by atoms with Crippen molar-refractivity contribution in [3.8, 4) is 0 Å². The highest BCUT2D eigenvalue weighted by molar-refractivity contribution is 7.99. The van der Waals surface area contributed by atoms with Gasteiger partial charge in [0.1, 0.15) is 5.82 Å². The molecule has 2 aromatic rings. The fourth-order valence-corrected chi connectivity index (χ4v) is 3.60. The molecule has 0 fully saturated rings. The van der Waals surface area contributed by atoms with E-state index in [-0.39, 0.29) is 28.6 Å². The third-order valence-electron chi connectivity index (χ3n) is 4.00. The van der Waals surface area contributed by atoms with Crippen LogP contribution in [0.4, 0.5) is 15.8 Å². The quantitative estimate of drug-likeness (QED) is 0.573. The number of thioether (sulfide) groups is 1. The monoisotopic (exact) mass is 416 g/mol. The molecule has 29 heavy (non-hydrogen) atoms. The standard InChI is InChI=1S/C20H17FN2O5S/c1-11(24)22-13-3-4-14(15(21)9-13)17(25)10-28-20(27)12-2-5-18-16(8-12)23-19(26)6-7-29-18/h2-5,8-9H,6-7,10H2,1H3,(H,22,24)(H,23,26). The molecule has 7 nitrogen and oxygen atoms in total. The van der Waals surface area contributed by atoms with Gasteiger partial charge in [-0.2, -0.15) is 0 Å². The molecule has 150 valence electrons. The second-order valence-electron chi connectivity index (χ2n) is 6.23. The lowest BCUT2D eigenvalue weighted by molar-refractivity contribution is -0.116. The molecule has 0 aliphatic carbocycles. The minimum Gasteiger partial charge on any atom is -0.454 e. The van der Waals surface area contributed by atoms with Crippen molar-refractivity contribution in [1.82, 2.24) is 0 Å². The highest BCUT2D eigenvalue weighted by Crippen LogP contribution is 2.31. The molecule has 0 aromatic heterocycles. The van der Waals surface area contributed by atoms with Crippen LogP contribution in [0.2, 0.25) is 0 Å². The molecule has 0 unspecified atom stereocenters. The van der Waals surface area contributed by atoms with E-state index in [1.54, 1.807) is 12.1 Å². The first-order chi connectivity index (χ1) is 13.8. The summed E-state index contributed by atoms with van der Waals surface area (Å²) in [4.78, 5) is 48.0. The average Bonchev–Trinajstić information content (AvgIpc) is 2.85. The number of halogens is 1. The van der Waals surface area contributed by atoms with E-state index < -0.39 is 24.2 Å². The van der Waals surface area contributed by atoms with E-state index in [1.165, 1.54) is 36.9 Å². The van der Waals surface area contributed by atoms with Crippen LogP contribution in [0.15, 0.2) is 41.3 Å². The number of benzene rings is 2. The Balaban J connectivity index is 1.65. The van der Waals surface area contributed by atoms with Gasteiger partial charge in [0.25, 0.3) is 0 Å². The van der Waals surface area contributed by atoms with Crippen LogP contribution in [0.25, 0.3) is 0 Å². The van der Waals surface area contributed by atoms with E-state index in [1.807, 2.05) is 0 Å². The molecule has 0 saturated heterocycles. The largest absolute Gasteiger partial charge is 0.454 e. The number of Topliss-reactive ketones (excluding diaryl/α,β-unsaturated/α-hetero) is 1. The number of hydrogen-bond acceptors (Lipinski definition) is 6. The number of esters is 1. The number of fused-ring (bicyclic) bond motifs is 1. The van der Waals surface area contributed by atoms with Gasteiger partial charge in [-0.15, -0.1) is 11.8 Å². The van der Waals surface area contributed by atoms with E-state index >= 15 is 0 Å². The van der Waals surface area contributed by atoms with Crippen LogP contribution < -0.4 is 10.6 Å². The molecule has 2 amide bonds. The predicted molar refractivity (Wildman–Crippen MR) is 106 cm³/mol. The van der Waals surface area contributed by atoms with Crippen molar-refractivity contribution in [2.45, 2.75) is 18.2 Å². The normalized spacial score (nSPS) is 13.0. The summed E-state index contributed by atoms with van der Waals surface area (Å²) in [6.45, 7) is 0.635. The van der Waals surface area contributed by atoms with Gasteiger partial charge in [0.2, 0.25) is 17.6 Å². The maximum atomic E-state index is 14.1. The maximum Gasteiger partial charge on any atom is 0.338 e. The highest BCUT2D eigenvalue weighted by atomic mass is 32.2. The van der Waals surface area contributed by atoms with Gasteiger partial charge in [0.15, 0.2) is 6.61 Å². The number of carbonyl (C=O) groups excluding carboxylic acids is 4. The fraction of sp³-hybridized carbons (Fsp3) is 0.200.